The predicted molar refractivity (Wildman–Crippen MR) is 177 cm³/mol. The molecule has 39 heteroatoms. The lowest BCUT2D eigenvalue weighted by atomic mass is 9.82. The van der Waals surface area contributed by atoms with Gasteiger partial charge < -0.3 is 9.47 Å². The minimum absolute atomic E-state index is 0.0787. The monoisotopic (exact) mass is 1200 g/mol. The molecule has 4 nitrogen and oxygen atoms in total. The molecule has 0 N–H and O–H groups in total. The molecule has 0 rings (SSSR count). The second-order valence-corrected chi connectivity index (χ2v) is 16.1. The number of rotatable bonds is 32. The molecule has 1 unspecified atom stereocenters. The van der Waals surface area contributed by atoms with Crippen LogP contribution in [0.4, 0.5) is 154 Å². The van der Waals surface area contributed by atoms with Crippen molar-refractivity contribution in [1.82, 2.24) is 0 Å². The summed E-state index contributed by atoms with van der Waals surface area (Å²) in [5.74, 6) is -159. The van der Waals surface area contributed by atoms with Gasteiger partial charge in [-0.3, -0.25) is 9.59 Å². The number of alkyl halides is 35. The van der Waals surface area contributed by atoms with Crippen LogP contribution in [0.15, 0.2) is 0 Å². The summed E-state index contributed by atoms with van der Waals surface area (Å²) < 4.78 is 500. The molecule has 0 aromatic heterocycles. The van der Waals surface area contributed by atoms with Crippen LogP contribution in [0.1, 0.15) is 97.3 Å². The van der Waals surface area contributed by atoms with E-state index in [-0.39, 0.29) is 25.7 Å². The SMILES string of the molecule is CCCCCCCC(=O)OCC(CC(F)(F)C(F)(F)C(F)(F)C(F)(F)C(F)(F)C(F)(F)C(F)(F)C(F)(F)C(F)(F)C(F)(F)C(F)(F)C(F)(F)C(F)(F)C(F)(F)C(F)(F)C(F)(F)C(F)(F)F)OC(=O)CCCCCCC. The summed E-state index contributed by atoms with van der Waals surface area (Å²) in [4.78, 5) is 24.3. The highest BCUT2D eigenvalue weighted by Crippen LogP contribution is 2.70. The summed E-state index contributed by atoms with van der Waals surface area (Å²) in [6.07, 6.45) is -14.2. The van der Waals surface area contributed by atoms with Gasteiger partial charge in [0.25, 0.3) is 0 Å². The van der Waals surface area contributed by atoms with Gasteiger partial charge in [0.15, 0.2) is 0 Å². The fraction of sp³-hybridized carbons (Fsp3) is 0.944. The Morgan fingerprint density at radius 3 is 0.787 bits per heavy atom. The Morgan fingerprint density at radius 2 is 0.533 bits per heavy atom. The first kappa shape index (κ1) is 71.5. The third-order valence-corrected chi connectivity index (χ3v) is 10.5. The Kier molecular flexibility index (Phi) is 21.3. The van der Waals surface area contributed by atoms with Crippen molar-refractivity contribution in [2.75, 3.05) is 6.61 Å². The molecular formula is C36H35F35O4. The molecule has 0 saturated carbocycles. The van der Waals surface area contributed by atoms with Crippen LogP contribution in [0, 0.1) is 0 Å². The Hall–Kier alpha value is -3.51. The molecule has 0 heterocycles. The standard InChI is InChI=1S/C36H35F35O4/c1-3-5-7-9-11-13-18(72)74-16-17(75-19(73)14-12-10-8-6-4-2)15-20(37,38)21(39,40)22(41,42)23(43,44)24(45,46)25(47,48)26(49,50)27(51,52)28(53,54)29(55,56)30(57,58)31(59,60)32(61,62)33(63,64)34(65,66)35(67,68)36(69,70)71/h17H,3-16H2,1-2H3. The van der Waals surface area contributed by atoms with Crippen LogP contribution in [0.25, 0.3) is 0 Å². The lowest BCUT2D eigenvalue weighted by Crippen LogP contribution is -2.80. The van der Waals surface area contributed by atoms with E-state index in [1.54, 1.807) is 13.8 Å². The van der Waals surface area contributed by atoms with E-state index in [0.29, 0.717) is 38.5 Å². The molecular weight excluding hydrogens is 1160 g/mol. The Bertz CT molecular complexity index is 1890. The highest BCUT2D eigenvalue weighted by molar-refractivity contribution is 5.70. The van der Waals surface area contributed by atoms with Crippen LogP contribution in [-0.4, -0.2) is 126 Å². The molecule has 0 radical (unpaired) electrons. The van der Waals surface area contributed by atoms with Gasteiger partial charge >= 0.3 is 113 Å². The Balaban J connectivity index is 7.54. The molecule has 0 bridgehead atoms. The molecule has 0 spiro atoms. The molecule has 0 aliphatic carbocycles. The fourth-order valence-electron chi connectivity index (χ4n) is 5.77. The molecule has 1 atom stereocenters. The first-order chi connectivity index (χ1) is 32.8. The van der Waals surface area contributed by atoms with Crippen LogP contribution in [0.3, 0.4) is 0 Å². The molecule has 75 heavy (non-hydrogen) atoms. The van der Waals surface area contributed by atoms with Crippen LogP contribution >= 0.6 is 0 Å². The van der Waals surface area contributed by atoms with E-state index in [9.17, 15) is 163 Å². The minimum Gasteiger partial charge on any atom is -0.462 e. The molecule has 448 valence electrons. The predicted octanol–water partition coefficient (Wildman–Crippen LogP) is 16.3. The van der Waals surface area contributed by atoms with Crippen molar-refractivity contribution in [3.63, 3.8) is 0 Å². The van der Waals surface area contributed by atoms with Crippen LogP contribution in [0.5, 0.6) is 0 Å². The summed E-state index contributed by atoms with van der Waals surface area (Å²) in [6, 6.07) is 0. The highest BCUT2D eigenvalue weighted by Gasteiger charge is 3.02. The van der Waals surface area contributed by atoms with Crippen LogP contribution in [-0.2, 0) is 19.1 Å². The summed E-state index contributed by atoms with van der Waals surface area (Å²) >= 11 is 0. The number of halogens is 35. The second kappa shape index (κ2) is 22.3. The summed E-state index contributed by atoms with van der Waals surface area (Å²) in [5.41, 5.74) is 0. The number of ether oxygens (including phenoxy) is 2. The quantitative estimate of drug-likeness (QED) is 0.0383. The average molecular weight is 1200 g/mol. The van der Waals surface area contributed by atoms with Crippen molar-refractivity contribution >= 4 is 11.9 Å². The van der Waals surface area contributed by atoms with E-state index < -0.39 is 145 Å². The van der Waals surface area contributed by atoms with E-state index in [4.69, 9.17) is 0 Å². The topological polar surface area (TPSA) is 52.6 Å². The fourth-order valence-corrected chi connectivity index (χ4v) is 5.77. The highest BCUT2D eigenvalue weighted by atomic mass is 19.4. The largest absolute Gasteiger partial charge is 0.462 e. The van der Waals surface area contributed by atoms with Gasteiger partial charge in [0.1, 0.15) is 12.7 Å². The van der Waals surface area contributed by atoms with E-state index in [2.05, 4.69) is 9.47 Å². The zero-order valence-corrected chi connectivity index (χ0v) is 36.8. The second-order valence-electron chi connectivity index (χ2n) is 16.1. The van der Waals surface area contributed by atoms with Crippen molar-refractivity contribution in [3.05, 3.63) is 0 Å². The molecule has 0 aliphatic rings. The van der Waals surface area contributed by atoms with E-state index in [0.717, 1.165) is 0 Å². The van der Waals surface area contributed by atoms with Gasteiger partial charge in [-0.05, 0) is 12.8 Å². The van der Waals surface area contributed by atoms with Gasteiger partial charge in [-0.1, -0.05) is 65.2 Å². The smallest absolute Gasteiger partial charge is 0.460 e. The van der Waals surface area contributed by atoms with E-state index >= 15 is 0 Å². The lowest BCUT2D eigenvalue weighted by molar-refractivity contribution is -0.492. The number of carbonyl (C=O) groups is 2. The van der Waals surface area contributed by atoms with Crippen molar-refractivity contribution in [2.45, 2.75) is 204 Å². The molecule has 0 aromatic rings. The Labute approximate surface area is 396 Å². The number of hydrogen-bond donors (Lipinski definition) is 0. The first-order valence-electron chi connectivity index (χ1n) is 20.2. The Morgan fingerprint density at radius 1 is 0.307 bits per heavy atom. The van der Waals surface area contributed by atoms with Gasteiger partial charge in [-0.25, -0.2) is 0 Å². The number of unbranched alkanes of at least 4 members (excludes halogenated alkanes) is 8. The van der Waals surface area contributed by atoms with E-state index in [1.807, 2.05) is 0 Å². The van der Waals surface area contributed by atoms with Gasteiger partial charge in [-0.2, -0.15) is 154 Å². The first-order valence-corrected chi connectivity index (χ1v) is 20.2. The van der Waals surface area contributed by atoms with Crippen LogP contribution < -0.4 is 0 Å². The van der Waals surface area contributed by atoms with Crippen molar-refractivity contribution in [3.8, 4) is 0 Å². The maximum atomic E-state index is 15.0. The molecule has 0 aliphatic heterocycles. The van der Waals surface area contributed by atoms with Crippen molar-refractivity contribution in [1.29, 1.82) is 0 Å². The minimum atomic E-state index is -10.4. The normalized spacial score (nSPS) is 16.1. The summed E-state index contributed by atoms with van der Waals surface area (Å²) in [5, 5.41) is 0. The molecule has 0 amide bonds. The van der Waals surface area contributed by atoms with Gasteiger partial charge in [0, 0.05) is 12.8 Å². The zero-order valence-electron chi connectivity index (χ0n) is 36.8. The molecule has 0 aromatic carbocycles. The average Bonchev–Trinajstić information content (AvgIpc) is 3.23. The molecule has 0 saturated heterocycles. The molecule has 0 fully saturated rings. The zero-order chi connectivity index (χ0) is 60.5. The third-order valence-electron chi connectivity index (χ3n) is 10.5. The third kappa shape index (κ3) is 11.6. The maximum Gasteiger partial charge on any atom is 0.460 e. The lowest BCUT2D eigenvalue weighted by Gasteiger charge is -2.47. The summed E-state index contributed by atoms with van der Waals surface area (Å²) in [7, 11) is 0. The van der Waals surface area contributed by atoms with Crippen LogP contribution in [0.2, 0.25) is 0 Å². The maximum absolute atomic E-state index is 15.0. The van der Waals surface area contributed by atoms with Gasteiger partial charge in [0.2, 0.25) is 0 Å². The van der Waals surface area contributed by atoms with E-state index in [1.165, 1.54) is 0 Å². The number of esters is 2. The number of hydrogen-bond acceptors (Lipinski definition) is 4. The van der Waals surface area contributed by atoms with Gasteiger partial charge in [-0.15, -0.1) is 0 Å². The van der Waals surface area contributed by atoms with Crippen molar-refractivity contribution in [2.24, 2.45) is 0 Å². The van der Waals surface area contributed by atoms with Gasteiger partial charge in [0.05, 0.1) is 6.42 Å². The number of carbonyl (C=O) groups excluding carboxylic acids is 2. The summed E-state index contributed by atoms with van der Waals surface area (Å²) in [6.45, 7) is 1.35. The van der Waals surface area contributed by atoms with Crippen molar-refractivity contribution < 1.29 is 173 Å².